The number of amides is 1. The van der Waals surface area contributed by atoms with Gasteiger partial charge in [0.25, 0.3) is 5.91 Å². The quantitative estimate of drug-likeness (QED) is 0.727. The molecule has 2 aliphatic rings. The van der Waals surface area contributed by atoms with E-state index in [1.54, 1.807) is 11.3 Å². The van der Waals surface area contributed by atoms with E-state index in [1.165, 1.54) is 10.6 Å². The number of aromatic nitrogens is 1. The lowest BCUT2D eigenvalue weighted by atomic mass is 10.1. The van der Waals surface area contributed by atoms with E-state index in [4.69, 9.17) is 4.74 Å². The third kappa shape index (κ3) is 5.42. The number of carbonyl (C=O) groups excluding carboxylic acids is 1. The van der Waals surface area contributed by atoms with Gasteiger partial charge < -0.3 is 9.64 Å². The average molecular weight is 415 g/mol. The highest BCUT2D eigenvalue weighted by molar-refractivity contribution is 7.09. The van der Waals surface area contributed by atoms with Crippen molar-refractivity contribution in [1.82, 2.24) is 19.7 Å². The van der Waals surface area contributed by atoms with Crippen LogP contribution in [0.1, 0.15) is 33.5 Å². The molecule has 4 rings (SSSR count). The Kier molecular flexibility index (Phi) is 6.92. The molecule has 7 heteroatoms. The molecule has 0 saturated carbocycles. The van der Waals surface area contributed by atoms with E-state index >= 15 is 0 Å². The summed E-state index contributed by atoms with van der Waals surface area (Å²) in [6.45, 7) is 10.8. The Hall–Kier alpha value is -1.80. The molecule has 0 radical (unpaired) electrons. The van der Waals surface area contributed by atoms with Crippen LogP contribution in [-0.2, 0) is 24.2 Å². The number of nitrogens with zero attached hydrogens (tertiary/aromatic N) is 4. The fourth-order valence-corrected chi connectivity index (χ4v) is 4.66. The predicted octanol–water partition coefficient (Wildman–Crippen LogP) is 2.50. The van der Waals surface area contributed by atoms with E-state index in [9.17, 15) is 4.79 Å². The van der Waals surface area contributed by atoms with E-state index in [0.29, 0.717) is 0 Å². The fraction of sp³-hybridized carbons (Fsp3) is 0.545. The summed E-state index contributed by atoms with van der Waals surface area (Å²) in [5, 5.41) is 3.36. The first-order valence-electron chi connectivity index (χ1n) is 10.5. The molecule has 2 saturated heterocycles. The molecule has 2 aliphatic heterocycles. The van der Waals surface area contributed by atoms with Crippen molar-refractivity contribution in [2.45, 2.75) is 26.4 Å². The molecule has 1 aromatic heterocycles. The first kappa shape index (κ1) is 20.5. The van der Waals surface area contributed by atoms with Crippen LogP contribution in [0.15, 0.2) is 29.6 Å². The van der Waals surface area contributed by atoms with Crippen molar-refractivity contribution < 1.29 is 9.53 Å². The zero-order valence-corrected chi connectivity index (χ0v) is 18.0. The average Bonchev–Trinajstić information content (AvgIpc) is 3.22. The van der Waals surface area contributed by atoms with Gasteiger partial charge in [-0.3, -0.25) is 14.6 Å². The maximum absolute atomic E-state index is 13.0. The standard InChI is InChI=1S/C22H30N4O2S/c1-2-21-23-20(17-29-21)16-24-6-8-26(9-7-24)22(27)19-5-3-4-18(14-19)15-25-10-12-28-13-11-25/h3-5,14,17H,2,6-13,15-16H2,1H3. The number of piperazine rings is 1. The van der Waals surface area contributed by atoms with E-state index < -0.39 is 0 Å². The van der Waals surface area contributed by atoms with Gasteiger partial charge in [0, 0.05) is 63.3 Å². The molecule has 2 fully saturated rings. The minimum Gasteiger partial charge on any atom is -0.379 e. The molecule has 0 bridgehead atoms. The summed E-state index contributed by atoms with van der Waals surface area (Å²) in [6, 6.07) is 8.13. The molecule has 0 unspecified atom stereocenters. The van der Waals surface area contributed by atoms with Gasteiger partial charge in [-0.25, -0.2) is 4.98 Å². The predicted molar refractivity (Wildman–Crippen MR) is 115 cm³/mol. The summed E-state index contributed by atoms with van der Waals surface area (Å²) in [5.74, 6) is 0.149. The van der Waals surface area contributed by atoms with Crippen LogP contribution < -0.4 is 0 Å². The Balaban J connectivity index is 1.30. The molecular weight excluding hydrogens is 384 g/mol. The first-order valence-corrected chi connectivity index (χ1v) is 11.4. The Morgan fingerprint density at radius 3 is 2.55 bits per heavy atom. The van der Waals surface area contributed by atoms with E-state index in [-0.39, 0.29) is 5.91 Å². The number of hydrogen-bond donors (Lipinski definition) is 0. The van der Waals surface area contributed by atoms with Crippen LogP contribution in [0.25, 0.3) is 0 Å². The molecule has 29 heavy (non-hydrogen) atoms. The van der Waals surface area contributed by atoms with Crippen molar-refractivity contribution in [1.29, 1.82) is 0 Å². The number of ether oxygens (including phenoxy) is 1. The third-order valence-corrected chi connectivity index (χ3v) is 6.67. The summed E-state index contributed by atoms with van der Waals surface area (Å²) < 4.78 is 5.42. The van der Waals surface area contributed by atoms with E-state index in [1.807, 2.05) is 17.0 Å². The van der Waals surface area contributed by atoms with Crippen LogP contribution in [0, 0.1) is 0 Å². The molecule has 0 aliphatic carbocycles. The van der Waals surface area contributed by atoms with Crippen LogP contribution in [0.3, 0.4) is 0 Å². The Morgan fingerprint density at radius 1 is 1.07 bits per heavy atom. The second-order valence-electron chi connectivity index (χ2n) is 7.74. The van der Waals surface area contributed by atoms with Crippen molar-refractivity contribution in [2.24, 2.45) is 0 Å². The number of thiazole rings is 1. The van der Waals surface area contributed by atoms with E-state index in [0.717, 1.165) is 83.3 Å². The molecule has 156 valence electrons. The van der Waals surface area contributed by atoms with Crippen molar-refractivity contribution in [2.75, 3.05) is 52.5 Å². The lowest BCUT2D eigenvalue weighted by molar-refractivity contribution is 0.0341. The Morgan fingerprint density at radius 2 is 1.83 bits per heavy atom. The minimum absolute atomic E-state index is 0.149. The summed E-state index contributed by atoms with van der Waals surface area (Å²) >= 11 is 1.74. The first-order chi connectivity index (χ1) is 14.2. The second kappa shape index (κ2) is 9.80. The number of aryl methyl sites for hydroxylation is 1. The lowest BCUT2D eigenvalue weighted by Crippen LogP contribution is -2.48. The van der Waals surface area contributed by atoms with Crippen LogP contribution >= 0.6 is 11.3 Å². The SMILES string of the molecule is CCc1nc(CN2CCN(C(=O)c3cccc(CN4CCOCC4)c3)CC2)cs1. The maximum atomic E-state index is 13.0. The Bertz CT molecular complexity index is 811. The number of carbonyl (C=O) groups is 1. The van der Waals surface area contributed by atoms with Gasteiger partial charge in [0.2, 0.25) is 0 Å². The van der Waals surface area contributed by atoms with Gasteiger partial charge in [-0.2, -0.15) is 0 Å². The Labute approximate surface area is 177 Å². The van der Waals surface area contributed by atoms with Gasteiger partial charge in [-0.1, -0.05) is 19.1 Å². The fourth-order valence-electron chi connectivity index (χ4n) is 3.92. The highest BCUT2D eigenvalue weighted by Gasteiger charge is 2.23. The van der Waals surface area contributed by atoms with Gasteiger partial charge in [-0.05, 0) is 24.1 Å². The number of hydrogen-bond acceptors (Lipinski definition) is 6. The molecule has 2 aromatic rings. The molecule has 3 heterocycles. The van der Waals surface area contributed by atoms with Crippen LogP contribution in [-0.4, -0.2) is 78.1 Å². The molecule has 1 aromatic carbocycles. The van der Waals surface area contributed by atoms with Crippen molar-refractivity contribution in [3.8, 4) is 0 Å². The van der Waals surface area contributed by atoms with E-state index in [2.05, 4.69) is 39.2 Å². The monoisotopic (exact) mass is 414 g/mol. The minimum atomic E-state index is 0.149. The highest BCUT2D eigenvalue weighted by Crippen LogP contribution is 2.16. The van der Waals surface area contributed by atoms with Crippen LogP contribution in [0.4, 0.5) is 0 Å². The van der Waals surface area contributed by atoms with Gasteiger partial charge >= 0.3 is 0 Å². The highest BCUT2D eigenvalue weighted by atomic mass is 32.1. The molecule has 0 atom stereocenters. The zero-order chi connectivity index (χ0) is 20.1. The summed E-state index contributed by atoms with van der Waals surface area (Å²) in [6.07, 6.45) is 0.998. The second-order valence-corrected chi connectivity index (χ2v) is 8.69. The van der Waals surface area contributed by atoms with Gasteiger partial charge in [0.15, 0.2) is 0 Å². The maximum Gasteiger partial charge on any atom is 0.253 e. The molecular formula is C22H30N4O2S. The molecule has 1 amide bonds. The van der Waals surface area contributed by atoms with Crippen molar-refractivity contribution in [3.63, 3.8) is 0 Å². The lowest BCUT2D eigenvalue weighted by Gasteiger charge is -2.34. The third-order valence-electron chi connectivity index (χ3n) is 5.63. The number of rotatable bonds is 6. The largest absolute Gasteiger partial charge is 0.379 e. The van der Waals surface area contributed by atoms with Crippen LogP contribution in [0.2, 0.25) is 0 Å². The summed E-state index contributed by atoms with van der Waals surface area (Å²) in [7, 11) is 0. The van der Waals surface area contributed by atoms with Gasteiger partial charge in [-0.15, -0.1) is 11.3 Å². The molecule has 0 spiro atoms. The summed E-state index contributed by atoms with van der Waals surface area (Å²) in [5.41, 5.74) is 3.16. The van der Waals surface area contributed by atoms with Gasteiger partial charge in [0.05, 0.1) is 23.9 Å². The normalized spacial score (nSPS) is 18.9. The van der Waals surface area contributed by atoms with Gasteiger partial charge in [0.1, 0.15) is 0 Å². The van der Waals surface area contributed by atoms with Crippen molar-refractivity contribution in [3.05, 3.63) is 51.5 Å². The zero-order valence-electron chi connectivity index (χ0n) is 17.2. The van der Waals surface area contributed by atoms with Crippen molar-refractivity contribution >= 4 is 17.2 Å². The smallest absolute Gasteiger partial charge is 0.253 e. The number of morpholine rings is 1. The number of benzene rings is 1. The molecule has 0 N–H and O–H groups in total. The topological polar surface area (TPSA) is 48.9 Å². The summed E-state index contributed by atoms with van der Waals surface area (Å²) in [4.78, 5) is 24.4. The molecule has 6 nitrogen and oxygen atoms in total. The van der Waals surface area contributed by atoms with Crippen LogP contribution in [0.5, 0.6) is 0 Å².